The first-order valence-corrected chi connectivity index (χ1v) is 8.22. The average molecular weight is 336 g/mol. The van der Waals surface area contributed by atoms with Crippen LogP contribution in [0.4, 0.5) is 0 Å². The second kappa shape index (κ2) is 8.26. The van der Waals surface area contributed by atoms with Gasteiger partial charge in [-0.15, -0.1) is 0 Å². The first-order valence-electron chi connectivity index (χ1n) is 8.22. The zero-order valence-electron chi connectivity index (χ0n) is 14.1. The second-order valence-electron chi connectivity index (χ2n) is 5.53. The number of amides is 1. The van der Waals surface area contributed by atoms with Crippen molar-refractivity contribution in [2.75, 3.05) is 6.61 Å². The third kappa shape index (κ3) is 4.33. The number of carbonyl (C=O) groups is 1. The van der Waals surface area contributed by atoms with E-state index in [9.17, 15) is 4.79 Å². The van der Waals surface area contributed by atoms with Crippen molar-refractivity contribution in [3.05, 3.63) is 77.5 Å². The van der Waals surface area contributed by atoms with E-state index in [1.165, 1.54) is 0 Å². The largest absolute Gasteiger partial charge is 0.377 e. The van der Waals surface area contributed by atoms with Crippen LogP contribution in [-0.4, -0.2) is 17.7 Å². The van der Waals surface area contributed by atoms with E-state index < -0.39 is 0 Å². The summed E-state index contributed by atoms with van der Waals surface area (Å²) in [7, 11) is 0. The average Bonchev–Trinajstić information content (AvgIpc) is 3.16. The molecular weight excluding hydrogens is 316 g/mol. The molecule has 0 bridgehead atoms. The Bertz CT molecular complexity index is 828. The molecule has 1 amide bonds. The highest BCUT2D eigenvalue weighted by atomic mass is 16.5. The number of nitrogens with zero attached hydrogens (tertiary/aromatic N) is 1. The highest BCUT2D eigenvalue weighted by Gasteiger charge is 2.14. The van der Waals surface area contributed by atoms with Crippen molar-refractivity contribution in [1.29, 1.82) is 0 Å². The van der Waals surface area contributed by atoms with Crippen molar-refractivity contribution in [2.24, 2.45) is 0 Å². The highest BCUT2D eigenvalue weighted by molar-refractivity contribution is 5.93. The van der Waals surface area contributed by atoms with Crippen molar-refractivity contribution < 1.29 is 14.1 Å². The lowest BCUT2D eigenvalue weighted by Crippen LogP contribution is -2.23. The minimum atomic E-state index is -0.267. The number of nitrogens with one attached hydrogen (secondary N) is 1. The van der Waals surface area contributed by atoms with E-state index in [0.29, 0.717) is 25.5 Å². The molecule has 2 aromatic carbocycles. The fourth-order valence-corrected chi connectivity index (χ4v) is 2.47. The number of aromatic nitrogens is 1. The molecular formula is C20H20N2O3. The van der Waals surface area contributed by atoms with Gasteiger partial charge in [0.05, 0.1) is 6.61 Å². The first kappa shape index (κ1) is 16.9. The maximum atomic E-state index is 12.3. The predicted molar refractivity (Wildman–Crippen MR) is 94.9 cm³/mol. The van der Waals surface area contributed by atoms with E-state index in [0.717, 1.165) is 16.7 Å². The highest BCUT2D eigenvalue weighted by Crippen LogP contribution is 2.19. The van der Waals surface area contributed by atoms with Crippen molar-refractivity contribution in [3.63, 3.8) is 0 Å². The van der Waals surface area contributed by atoms with Gasteiger partial charge in [-0.25, -0.2) is 0 Å². The summed E-state index contributed by atoms with van der Waals surface area (Å²) in [6.45, 7) is 3.56. The van der Waals surface area contributed by atoms with E-state index >= 15 is 0 Å². The molecule has 0 aliphatic carbocycles. The predicted octanol–water partition coefficient (Wildman–Crippen LogP) is 3.81. The zero-order valence-corrected chi connectivity index (χ0v) is 14.1. The number of rotatable bonds is 7. The standard InChI is InChI=1S/C20H20N2O3/c1-2-24-14-17-11-7-6-10-16(17)13-21-20(23)18-12-19(25-22-18)15-8-4-3-5-9-15/h3-12H,2,13-14H2,1H3,(H,21,23). The van der Waals surface area contributed by atoms with Crippen molar-refractivity contribution in [1.82, 2.24) is 10.5 Å². The van der Waals surface area contributed by atoms with Gasteiger partial charge in [0, 0.05) is 24.8 Å². The van der Waals surface area contributed by atoms with Gasteiger partial charge in [-0.1, -0.05) is 59.8 Å². The maximum Gasteiger partial charge on any atom is 0.273 e. The van der Waals surface area contributed by atoms with Crippen LogP contribution in [0.1, 0.15) is 28.5 Å². The molecule has 3 aromatic rings. The Hall–Kier alpha value is -2.92. The van der Waals surface area contributed by atoms with E-state index in [1.807, 2.05) is 61.5 Å². The summed E-state index contributed by atoms with van der Waals surface area (Å²) in [5.74, 6) is 0.305. The lowest BCUT2D eigenvalue weighted by atomic mass is 10.1. The van der Waals surface area contributed by atoms with Crippen LogP contribution in [0.5, 0.6) is 0 Å². The van der Waals surface area contributed by atoms with Crippen LogP contribution in [0.3, 0.4) is 0 Å². The number of carbonyl (C=O) groups excluding carboxylic acids is 1. The topological polar surface area (TPSA) is 64.4 Å². The van der Waals surface area contributed by atoms with E-state index in [2.05, 4.69) is 10.5 Å². The van der Waals surface area contributed by atoms with Crippen LogP contribution in [0.2, 0.25) is 0 Å². The molecule has 0 saturated carbocycles. The van der Waals surface area contributed by atoms with Crippen molar-refractivity contribution in [3.8, 4) is 11.3 Å². The van der Waals surface area contributed by atoms with Gasteiger partial charge in [0.15, 0.2) is 11.5 Å². The number of benzene rings is 2. The van der Waals surface area contributed by atoms with Gasteiger partial charge in [0.25, 0.3) is 5.91 Å². The zero-order chi connectivity index (χ0) is 17.5. The maximum absolute atomic E-state index is 12.3. The molecule has 0 spiro atoms. The van der Waals surface area contributed by atoms with Crippen molar-refractivity contribution >= 4 is 5.91 Å². The molecule has 0 aliphatic heterocycles. The third-order valence-corrected chi connectivity index (χ3v) is 3.82. The molecule has 25 heavy (non-hydrogen) atoms. The summed E-state index contributed by atoms with van der Waals surface area (Å²) in [5, 5.41) is 6.74. The number of hydrogen-bond donors (Lipinski definition) is 1. The van der Waals surface area contributed by atoms with Crippen LogP contribution >= 0.6 is 0 Å². The van der Waals surface area contributed by atoms with Crippen molar-refractivity contribution in [2.45, 2.75) is 20.1 Å². The molecule has 0 aliphatic rings. The van der Waals surface area contributed by atoms with Gasteiger partial charge in [0.2, 0.25) is 0 Å². The van der Waals surface area contributed by atoms with Gasteiger partial charge < -0.3 is 14.6 Å². The molecule has 5 nitrogen and oxygen atoms in total. The molecule has 1 aromatic heterocycles. The van der Waals surface area contributed by atoms with Crippen LogP contribution in [-0.2, 0) is 17.9 Å². The lowest BCUT2D eigenvalue weighted by Gasteiger charge is -2.10. The molecule has 0 fully saturated rings. The molecule has 0 radical (unpaired) electrons. The smallest absolute Gasteiger partial charge is 0.273 e. The molecule has 1 heterocycles. The Morgan fingerprint density at radius 1 is 1.08 bits per heavy atom. The molecule has 0 unspecified atom stereocenters. The summed E-state index contributed by atoms with van der Waals surface area (Å²) in [4.78, 5) is 12.3. The number of ether oxygens (including phenoxy) is 1. The summed E-state index contributed by atoms with van der Waals surface area (Å²) < 4.78 is 10.7. The molecule has 128 valence electrons. The minimum Gasteiger partial charge on any atom is -0.377 e. The molecule has 1 N–H and O–H groups in total. The van der Waals surface area contributed by atoms with Gasteiger partial charge >= 0.3 is 0 Å². The molecule has 3 rings (SSSR count). The van der Waals surface area contributed by atoms with E-state index in [4.69, 9.17) is 9.26 Å². The normalized spacial score (nSPS) is 10.6. The lowest BCUT2D eigenvalue weighted by molar-refractivity contribution is 0.0941. The SMILES string of the molecule is CCOCc1ccccc1CNC(=O)c1cc(-c2ccccc2)on1. The molecule has 0 saturated heterocycles. The van der Waals surface area contributed by atoms with Gasteiger partial charge in [-0.2, -0.15) is 0 Å². The third-order valence-electron chi connectivity index (χ3n) is 3.82. The van der Waals surface area contributed by atoms with Gasteiger partial charge in [0.1, 0.15) is 0 Å². The first-order chi connectivity index (χ1) is 12.3. The summed E-state index contributed by atoms with van der Waals surface area (Å²) in [6, 6.07) is 19.1. The summed E-state index contributed by atoms with van der Waals surface area (Å²) in [6.07, 6.45) is 0. The summed E-state index contributed by atoms with van der Waals surface area (Å²) >= 11 is 0. The van der Waals surface area contributed by atoms with Crippen LogP contribution in [0.25, 0.3) is 11.3 Å². The fourth-order valence-electron chi connectivity index (χ4n) is 2.47. The van der Waals surface area contributed by atoms with E-state index in [1.54, 1.807) is 6.07 Å². The Labute approximate surface area is 146 Å². The Kier molecular flexibility index (Phi) is 5.59. The van der Waals surface area contributed by atoms with Gasteiger partial charge in [-0.3, -0.25) is 4.79 Å². The summed E-state index contributed by atoms with van der Waals surface area (Å²) in [5.41, 5.74) is 3.24. The Balaban J connectivity index is 1.65. The van der Waals surface area contributed by atoms with E-state index in [-0.39, 0.29) is 11.6 Å². The number of hydrogen-bond acceptors (Lipinski definition) is 4. The monoisotopic (exact) mass is 336 g/mol. The van der Waals surface area contributed by atoms with Gasteiger partial charge in [-0.05, 0) is 18.1 Å². The van der Waals surface area contributed by atoms with Crippen LogP contribution in [0, 0.1) is 0 Å². The van der Waals surface area contributed by atoms with Crippen LogP contribution in [0.15, 0.2) is 65.2 Å². The quantitative estimate of drug-likeness (QED) is 0.712. The second-order valence-corrected chi connectivity index (χ2v) is 5.53. The fraction of sp³-hybridized carbons (Fsp3) is 0.200. The Morgan fingerprint density at radius 2 is 1.80 bits per heavy atom. The van der Waals surface area contributed by atoms with Crippen LogP contribution < -0.4 is 5.32 Å². The molecule has 5 heteroatoms. The minimum absolute atomic E-state index is 0.265. The molecule has 0 atom stereocenters. The Morgan fingerprint density at radius 3 is 2.56 bits per heavy atom.